The van der Waals surface area contributed by atoms with Crippen LogP contribution in [0.2, 0.25) is 0 Å². The number of hydrogen-bond donors (Lipinski definition) is 2. The van der Waals surface area contributed by atoms with Crippen molar-refractivity contribution in [3.05, 3.63) is 23.7 Å². The average Bonchev–Trinajstić information content (AvgIpc) is 2.76. The molecule has 0 saturated carbocycles. The van der Waals surface area contributed by atoms with E-state index in [0.717, 1.165) is 12.3 Å². The largest absolute Gasteiger partial charge is 0.455 e. The number of nitrogens with two attached hydrogens (primary N) is 1. The van der Waals surface area contributed by atoms with Gasteiger partial charge in [-0.05, 0) is 33.0 Å². The minimum absolute atomic E-state index is 0.222. The Morgan fingerprint density at radius 2 is 2.28 bits per heavy atom. The molecule has 0 aliphatic rings. The maximum absolute atomic E-state index is 11.2. The van der Waals surface area contributed by atoms with E-state index >= 15 is 0 Å². The Hall–Kier alpha value is -1.37. The fourth-order valence-electron chi connectivity index (χ4n) is 1.45. The van der Waals surface area contributed by atoms with Crippen molar-refractivity contribution < 1.29 is 13.9 Å². The number of ether oxygens (including phenoxy) is 1. The monoisotopic (exact) mass is 255 g/mol. The molecule has 6 nitrogen and oxygen atoms in total. The summed E-state index contributed by atoms with van der Waals surface area (Å²) in [6, 6.07) is 3.38. The molecule has 1 aromatic rings. The molecular weight excluding hydrogens is 234 g/mol. The third-order valence-electron chi connectivity index (χ3n) is 2.37. The van der Waals surface area contributed by atoms with E-state index in [9.17, 15) is 4.79 Å². The molecule has 1 rings (SSSR count). The van der Waals surface area contributed by atoms with E-state index in [1.54, 1.807) is 12.1 Å². The van der Waals surface area contributed by atoms with Crippen LogP contribution in [0.3, 0.4) is 0 Å². The summed E-state index contributed by atoms with van der Waals surface area (Å²) in [6.45, 7) is 6.11. The highest BCUT2D eigenvalue weighted by atomic mass is 16.5. The lowest BCUT2D eigenvalue weighted by molar-refractivity contribution is 0.0614. The molecule has 1 aromatic heterocycles. The third kappa shape index (κ3) is 4.87. The molecule has 0 atom stereocenters. The number of nitrogens with one attached hydrogen (secondary N) is 1. The van der Waals surface area contributed by atoms with E-state index in [4.69, 9.17) is 15.0 Å². The topological polar surface area (TPSA) is 80.7 Å². The van der Waals surface area contributed by atoms with Crippen LogP contribution in [0.25, 0.3) is 0 Å². The predicted molar refractivity (Wildman–Crippen MR) is 67.8 cm³/mol. The molecule has 0 saturated heterocycles. The Morgan fingerprint density at radius 1 is 1.56 bits per heavy atom. The van der Waals surface area contributed by atoms with Crippen molar-refractivity contribution in [2.24, 2.45) is 5.84 Å². The van der Waals surface area contributed by atoms with E-state index in [0.29, 0.717) is 13.2 Å². The molecule has 0 aliphatic carbocycles. The summed E-state index contributed by atoms with van der Waals surface area (Å²) in [5.74, 6) is 5.54. The Labute approximate surface area is 107 Å². The Kier molecular flexibility index (Phi) is 5.84. The van der Waals surface area contributed by atoms with Gasteiger partial charge in [-0.1, -0.05) is 0 Å². The number of hydrogen-bond acceptors (Lipinski definition) is 5. The average molecular weight is 255 g/mol. The number of rotatable bonds is 7. The van der Waals surface area contributed by atoms with Crippen molar-refractivity contribution in [3.63, 3.8) is 0 Å². The van der Waals surface area contributed by atoms with E-state index in [2.05, 4.69) is 4.90 Å². The zero-order chi connectivity index (χ0) is 13.5. The first-order chi connectivity index (χ1) is 8.52. The Morgan fingerprint density at radius 3 is 2.89 bits per heavy atom. The van der Waals surface area contributed by atoms with Crippen LogP contribution in [-0.2, 0) is 11.3 Å². The highest BCUT2D eigenvalue weighted by Gasteiger charge is 2.10. The van der Waals surface area contributed by atoms with Gasteiger partial charge >= 0.3 is 5.91 Å². The van der Waals surface area contributed by atoms with Crippen molar-refractivity contribution in [2.45, 2.75) is 26.5 Å². The maximum atomic E-state index is 11.2. The zero-order valence-electron chi connectivity index (χ0n) is 11.1. The van der Waals surface area contributed by atoms with E-state index in [-0.39, 0.29) is 11.9 Å². The van der Waals surface area contributed by atoms with Crippen LogP contribution < -0.4 is 11.3 Å². The SMILES string of the molecule is CC(C)OCCN(C)Cc1ccc(C(=O)NN)o1. The van der Waals surface area contributed by atoms with Gasteiger partial charge in [0, 0.05) is 6.54 Å². The lowest BCUT2D eigenvalue weighted by atomic mass is 10.4. The molecule has 0 spiro atoms. The van der Waals surface area contributed by atoms with Gasteiger partial charge in [0.1, 0.15) is 5.76 Å². The van der Waals surface area contributed by atoms with Crippen LogP contribution in [0.1, 0.15) is 30.2 Å². The summed E-state index contributed by atoms with van der Waals surface area (Å²) in [5, 5.41) is 0. The normalized spacial score (nSPS) is 11.2. The van der Waals surface area contributed by atoms with Crippen molar-refractivity contribution in [1.29, 1.82) is 0 Å². The fraction of sp³-hybridized carbons (Fsp3) is 0.583. The van der Waals surface area contributed by atoms with Gasteiger partial charge in [-0.2, -0.15) is 0 Å². The van der Waals surface area contributed by atoms with Gasteiger partial charge in [-0.25, -0.2) is 5.84 Å². The molecular formula is C12H21N3O3. The lowest BCUT2D eigenvalue weighted by Gasteiger charge is -2.16. The van der Waals surface area contributed by atoms with Crippen LogP contribution in [0.5, 0.6) is 0 Å². The van der Waals surface area contributed by atoms with Crippen LogP contribution >= 0.6 is 0 Å². The van der Waals surface area contributed by atoms with Crippen molar-refractivity contribution >= 4 is 5.91 Å². The van der Waals surface area contributed by atoms with Gasteiger partial charge in [0.05, 0.1) is 19.3 Å². The van der Waals surface area contributed by atoms with Crippen molar-refractivity contribution in [2.75, 3.05) is 20.2 Å². The van der Waals surface area contributed by atoms with Gasteiger partial charge in [0.25, 0.3) is 0 Å². The molecule has 18 heavy (non-hydrogen) atoms. The third-order valence-corrected chi connectivity index (χ3v) is 2.37. The van der Waals surface area contributed by atoms with Gasteiger partial charge in [-0.15, -0.1) is 0 Å². The second-order valence-corrected chi connectivity index (χ2v) is 4.40. The molecule has 0 fully saturated rings. The summed E-state index contributed by atoms with van der Waals surface area (Å²) in [6.07, 6.45) is 0.238. The number of carbonyl (C=O) groups excluding carboxylic acids is 1. The molecule has 0 aromatic carbocycles. The number of nitrogens with zero attached hydrogens (tertiary/aromatic N) is 1. The number of nitrogen functional groups attached to an aromatic ring is 1. The smallest absolute Gasteiger partial charge is 0.300 e. The first-order valence-electron chi connectivity index (χ1n) is 5.92. The molecule has 102 valence electrons. The number of likely N-dealkylation sites (N-methyl/N-ethyl adjacent to an activating group) is 1. The molecule has 0 radical (unpaired) electrons. The molecule has 1 heterocycles. The molecule has 0 bridgehead atoms. The number of hydrazine groups is 1. The van der Waals surface area contributed by atoms with E-state index < -0.39 is 5.91 Å². The minimum Gasteiger partial charge on any atom is -0.455 e. The fourth-order valence-corrected chi connectivity index (χ4v) is 1.45. The molecule has 3 N–H and O–H groups in total. The Bertz CT molecular complexity index is 376. The minimum atomic E-state index is -0.424. The number of carbonyl (C=O) groups is 1. The zero-order valence-corrected chi connectivity index (χ0v) is 11.1. The quantitative estimate of drug-likeness (QED) is 0.427. The maximum Gasteiger partial charge on any atom is 0.300 e. The highest BCUT2D eigenvalue weighted by Crippen LogP contribution is 2.09. The van der Waals surface area contributed by atoms with Gasteiger partial charge < -0.3 is 9.15 Å². The lowest BCUT2D eigenvalue weighted by Crippen LogP contribution is -2.29. The summed E-state index contributed by atoms with van der Waals surface area (Å²) in [7, 11) is 1.97. The first-order valence-corrected chi connectivity index (χ1v) is 5.92. The first kappa shape index (κ1) is 14.7. The van der Waals surface area contributed by atoms with Gasteiger partial charge in [-0.3, -0.25) is 15.1 Å². The summed E-state index contributed by atoms with van der Waals surface area (Å²) >= 11 is 0. The van der Waals surface area contributed by atoms with Gasteiger partial charge in [0.15, 0.2) is 5.76 Å². The number of amides is 1. The van der Waals surface area contributed by atoms with E-state index in [1.165, 1.54) is 0 Å². The highest BCUT2D eigenvalue weighted by molar-refractivity contribution is 5.90. The molecule has 6 heteroatoms. The molecule has 0 aliphatic heterocycles. The predicted octanol–water partition coefficient (Wildman–Crippen LogP) is 0.740. The van der Waals surface area contributed by atoms with Crippen molar-refractivity contribution in [3.8, 4) is 0 Å². The van der Waals surface area contributed by atoms with Crippen LogP contribution in [-0.4, -0.2) is 37.1 Å². The van der Waals surface area contributed by atoms with Crippen LogP contribution in [0.15, 0.2) is 16.5 Å². The van der Waals surface area contributed by atoms with Crippen LogP contribution in [0.4, 0.5) is 0 Å². The summed E-state index contributed by atoms with van der Waals surface area (Å²) < 4.78 is 10.8. The Balaban J connectivity index is 2.37. The standard InChI is InChI=1S/C12H21N3O3/c1-9(2)17-7-6-15(3)8-10-4-5-11(18-10)12(16)14-13/h4-5,9H,6-8,13H2,1-3H3,(H,14,16). The van der Waals surface area contributed by atoms with E-state index in [1.807, 2.05) is 26.3 Å². The van der Waals surface area contributed by atoms with Gasteiger partial charge in [0.2, 0.25) is 0 Å². The second kappa shape index (κ2) is 7.15. The summed E-state index contributed by atoms with van der Waals surface area (Å²) in [4.78, 5) is 13.3. The van der Waals surface area contributed by atoms with Crippen LogP contribution in [0, 0.1) is 0 Å². The second-order valence-electron chi connectivity index (χ2n) is 4.40. The summed E-state index contributed by atoms with van der Waals surface area (Å²) in [5.41, 5.74) is 2.03. The number of furan rings is 1. The molecule has 0 unspecified atom stereocenters. The molecule has 1 amide bonds. The van der Waals surface area contributed by atoms with Crippen molar-refractivity contribution in [1.82, 2.24) is 10.3 Å².